The summed E-state index contributed by atoms with van der Waals surface area (Å²) in [5, 5.41) is 0.929. The maximum atomic E-state index is 11.4. The first-order valence-corrected chi connectivity index (χ1v) is 5.19. The average molecular weight is 269 g/mol. The average Bonchev–Trinajstić information content (AvgIpc) is 2.54. The minimum atomic E-state index is -0.445. The van der Waals surface area contributed by atoms with E-state index in [2.05, 4.69) is 20.7 Å². The second-order valence-electron chi connectivity index (χ2n) is 3.19. The van der Waals surface area contributed by atoms with E-state index in [9.17, 15) is 4.79 Å². The van der Waals surface area contributed by atoms with Gasteiger partial charge in [-0.25, -0.2) is 4.79 Å². The van der Waals surface area contributed by atoms with Gasteiger partial charge in [0.25, 0.3) is 0 Å². The fourth-order valence-electron chi connectivity index (χ4n) is 1.49. The number of benzene rings is 1. The topological polar surface area (TPSA) is 39.4 Å². The van der Waals surface area contributed by atoms with Crippen LogP contribution in [-0.2, 0) is 4.74 Å². The lowest BCUT2D eigenvalue weighted by Crippen LogP contribution is -2.00. The number of methoxy groups -OCH3 is 1. The smallest absolute Gasteiger partial charge is 0.374 e. The third-order valence-electron chi connectivity index (χ3n) is 2.27. The van der Waals surface area contributed by atoms with Gasteiger partial charge in [0.05, 0.1) is 7.11 Å². The second-order valence-corrected chi connectivity index (χ2v) is 4.10. The summed E-state index contributed by atoms with van der Waals surface area (Å²) in [4.78, 5) is 11.4. The van der Waals surface area contributed by atoms with Crippen LogP contribution in [0.3, 0.4) is 0 Å². The number of esters is 1. The molecule has 0 radical (unpaired) electrons. The third-order valence-corrected chi connectivity index (χ3v) is 2.76. The molecule has 4 heteroatoms. The highest BCUT2D eigenvalue weighted by Crippen LogP contribution is 2.28. The van der Waals surface area contributed by atoms with E-state index in [-0.39, 0.29) is 5.76 Å². The fraction of sp³-hybridized carbons (Fsp3) is 0.182. The number of aryl methyl sites for hydroxylation is 1. The first-order chi connectivity index (χ1) is 7.13. The highest BCUT2D eigenvalue weighted by molar-refractivity contribution is 9.10. The molecule has 0 unspecified atom stereocenters. The number of furan rings is 1. The molecule has 0 bridgehead atoms. The number of carbonyl (C=O) groups excluding carboxylic acids is 1. The van der Waals surface area contributed by atoms with Crippen LogP contribution in [0, 0.1) is 6.92 Å². The summed E-state index contributed by atoms with van der Waals surface area (Å²) in [7, 11) is 1.34. The Balaban J connectivity index is 2.69. The van der Waals surface area contributed by atoms with E-state index in [1.54, 1.807) is 0 Å². The van der Waals surface area contributed by atoms with Gasteiger partial charge in [-0.2, -0.15) is 0 Å². The van der Waals surface area contributed by atoms with Crippen molar-refractivity contribution in [2.75, 3.05) is 7.11 Å². The Bertz CT molecular complexity index is 528. The molecule has 1 heterocycles. The quantitative estimate of drug-likeness (QED) is 0.746. The van der Waals surface area contributed by atoms with E-state index in [1.165, 1.54) is 7.11 Å². The summed E-state index contributed by atoms with van der Waals surface area (Å²) in [6.45, 7) is 1.84. The molecule has 78 valence electrons. The van der Waals surface area contributed by atoms with E-state index in [0.29, 0.717) is 5.58 Å². The molecule has 3 nitrogen and oxygen atoms in total. The third kappa shape index (κ3) is 1.65. The van der Waals surface area contributed by atoms with E-state index in [0.717, 1.165) is 15.4 Å². The van der Waals surface area contributed by atoms with Crippen LogP contribution < -0.4 is 0 Å². The number of carbonyl (C=O) groups is 1. The van der Waals surface area contributed by atoms with E-state index in [4.69, 9.17) is 4.42 Å². The molecule has 2 aromatic rings. The molecule has 0 spiro atoms. The van der Waals surface area contributed by atoms with Crippen LogP contribution in [0.5, 0.6) is 0 Å². The Labute approximate surface area is 95.1 Å². The van der Waals surface area contributed by atoms with E-state index >= 15 is 0 Å². The van der Waals surface area contributed by atoms with Crippen molar-refractivity contribution in [3.8, 4) is 0 Å². The molecule has 0 amide bonds. The maximum absolute atomic E-state index is 11.4. The van der Waals surface area contributed by atoms with Gasteiger partial charge >= 0.3 is 5.97 Å². The summed E-state index contributed by atoms with van der Waals surface area (Å²) in [6, 6.07) is 5.64. The van der Waals surface area contributed by atoms with Gasteiger partial charge in [0.2, 0.25) is 5.76 Å². The van der Waals surface area contributed by atoms with Crippen LogP contribution in [0.2, 0.25) is 0 Å². The molecule has 1 aromatic heterocycles. The van der Waals surface area contributed by atoms with Gasteiger partial charge in [-0.3, -0.25) is 0 Å². The monoisotopic (exact) mass is 268 g/mol. The predicted molar refractivity (Wildman–Crippen MR) is 60.0 cm³/mol. The van der Waals surface area contributed by atoms with Gasteiger partial charge in [-0.15, -0.1) is 0 Å². The van der Waals surface area contributed by atoms with E-state index < -0.39 is 5.97 Å². The number of rotatable bonds is 1. The van der Waals surface area contributed by atoms with Crippen LogP contribution >= 0.6 is 15.9 Å². The Kier molecular flexibility index (Phi) is 2.52. The van der Waals surface area contributed by atoms with Gasteiger partial charge in [0.1, 0.15) is 5.58 Å². The lowest BCUT2D eigenvalue weighted by Gasteiger charge is -1.93. The largest absolute Gasteiger partial charge is 0.463 e. The number of halogens is 1. The van der Waals surface area contributed by atoms with Crippen molar-refractivity contribution in [1.29, 1.82) is 0 Å². The Morgan fingerprint density at radius 1 is 1.47 bits per heavy atom. The molecule has 0 fully saturated rings. The number of hydrogen-bond donors (Lipinski definition) is 0. The van der Waals surface area contributed by atoms with Gasteiger partial charge < -0.3 is 9.15 Å². The first kappa shape index (κ1) is 10.2. The fourth-order valence-corrected chi connectivity index (χ4v) is 1.83. The van der Waals surface area contributed by atoms with Crippen LogP contribution in [0.4, 0.5) is 0 Å². The molecule has 0 saturated heterocycles. The normalized spacial score (nSPS) is 10.6. The predicted octanol–water partition coefficient (Wildman–Crippen LogP) is 3.29. The molecule has 0 atom stereocenters. The molecule has 0 aliphatic rings. The van der Waals surface area contributed by atoms with Gasteiger partial charge in [0.15, 0.2) is 0 Å². The summed E-state index contributed by atoms with van der Waals surface area (Å²) in [5.74, 6) is -0.176. The Hall–Kier alpha value is -1.29. The summed E-state index contributed by atoms with van der Waals surface area (Å²) in [5.41, 5.74) is 1.49. The Morgan fingerprint density at radius 2 is 2.20 bits per heavy atom. The number of fused-ring (bicyclic) bond motifs is 1. The Morgan fingerprint density at radius 3 is 2.87 bits per heavy atom. The molecule has 0 aliphatic carbocycles. The molecule has 0 saturated carbocycles. The van der Waals surface area contributed by atoms with Crippen molar-refractivity contribution in [1.82, 2.24) is 0 Å². The molecule has 15 heavy (non-hydrogen) atoms. The minimum absolute atomic E-state index is 0.269. The molecule has 2 rings (SSSR count). The SMILES string of the molecule is COC(=O)c1oc2cc(Br)ccc2c1C. The lowest BCUT2D eigenvalue weighted by molar-refractivity contribution is 0.0566. The number of hydrogen-bond acceptors (Lipinski definition) is 3. The zero-order chi connectivity index (χ0) is 11.0. The highest BCUT2D eigenvalue weighted by Gasteiger charge is 2.17. The van der Waals surface area contributed by atoms with Crippen LogP contribution in [0.1, 0.15) is 16.1 Å². The summed E-state index contributed by atoms with van der Waals surface area (Å²) in [6.07, 6.45) is 0. The first-order valence-electron chi connectivity index (χ1n) is 4.40. The highest BCUT2D eigenvalue weighted by atomic mass is 79.9. The van der Waals surface area contributed by atoms with Crippen molar-refractivity contribution in [2.24, 2.45) is 0 Å². The molecular formula is C11H9BrO3. The maximum Gasteiger partial charge on any atom is 0.374 e. The van der Waals surface area contributed by atoms with Gasteiger partial charge in [-0.1, -0.05) is 15.9 Å². The van der Waals surface area contributed by atoms with Crippen LogP contribution in [0.15, 0.2) is 27.1 Å². The van der Waals surface area contributed by atoms with Crippen molar-refractivity contribution >= 4 is 32.9 Å². The number of ether oxygens (including phenoxy) is 1. The van der Waals surface area contributed by atoms with Crippen molar-refractivity contribution in [3.05, 3.63) is 34.0 Å². The molecular weight excluding hydrogens is 260 g/mol. The molecule has 0 N–H and O–H groups in total. The van der Waals surface area contributed by atoms with Crippen molar-refractivity contribution < 1.29 is 13.9 Å². The van der Waals surface area contributed by atoms with Gasteiger partial charge in [-0.05, 0) is 25.1 Å². The second kappa shape index (κ2) is 3.70. The van der Waals surface area contributed by atoms with Crippen molar-refractivity contribution in [2.45, 2.75) is 6.92 Å². The van der Waals surface area contributed by atoms with Crippen LogP contribution in [0.25, 0.3) is 11.0 Å². The van der Waals surface area contributed by atoms with E-state index in [1.807, 2.05) is 25.1 Å². The molecule has 0 aliphatic heterocycles. The lowest BCUT2D eigenvalue weighted by atomic mass is 10.1. The summed E-state index contributed by atoms with van der Waals surface area (Å²) >= 11 is 3.34. The summed E-state index contributed by atoms with van der Waals surface area (Å²) < 4.78 is 11.0. The standard InChI is InChI=1S/C11H9BrO3/c1-6-8-4-3-7(12)5-9(8)15-10(6)11(13)14-2/h3-5H,1-2H3. The minimum Gasteiger partial charge on any atom is -0.463 e. The zero-order valence-corrected chi connectivity index (χ0v) is 9.92. The van der Waals surface area contributed by atoms with Gasteiger partial charge in [0, 0.05) is 15.4 Å². The zero-order valence-electron chi connectivity index (χ0n) is 8.33. The van der Waals surface area contributed by atoms with Crippen molar-refractivity contribution in [3.63, 3.8) is 0 Å². The van der Waals surface area contributed by atoms with Crippen LogP contribution in [-0.4, -0.2) is 13.1 Å². The molecule has 1 aromatic carbocycles.